The zero-order valence-electron chi connectivity index (χ0n) is 17.8. The van der Waals surface area contributed by atoms with Crippen molar-refractivity contribution in [2.24, 2.45) is 40.4 Å². The predicted octanol–water partition coefficient (Wildman–Crippen LogP) is 1.08. The molecule has 0 N–H and O–H groups in total. The zero-order chi connectivity index (χ0) is 19.6. The van der Waals surface area contributed by atoms with Crippen LogP contribution >= 0.6 is 0 Å². The van der Waals surface area contributed by atoms with Gasteiger partial charge in [0.15, 0.2) is 0 Å². The van der Waals surface area contributed by atoms with E-state index in [2.05, 4.69) is 13.8 Å². The minimum Gasteiger partial charge on any atom is -0.726 e. The SMILES string of the molecule is CC(=O)[C@H]1CC[C@H]2[C@@H]3CC[C@H]4C[C@@H](OS(=O)(=O)[O-])CC[C@]4(C)[C@H]3CC[C@]12C.[Na+]. The van der Waals surface area contributed by atoms with Gasteiger partial charge in [-0.05, 0) is 99.2 Å². The van der Waals surface area contributed by atoms with E-state index in [-0.39, 0.29) is 46.3 Å². The Morgan fingerprint density at radius 2 is 1.61 bits per heavy atom. The number of hydrogen-bond acceptors (Lipinski definition) is 5. The predicted molar refractivity (Wildman–Crippen MR) is 100 cm³/mol. The molecule has 4 aliphatic rings. The number of carbonyl (C=O) groups is 1. The average molecular weight is 421 g/mol. The van der Waals surface area contributed by atoms with Crippen molar-refractivity contribution in [2.45, 2.75) is 84.7 Å². The van der Waals surface area contributed by atoms with Gasteiger partial charge in [0.1, 0.15) is 5.78 Å². The number of Topliss-reactive ketones (excluding diaryl/α,β-unsaturated/α-hetero) is 1. The molecule has 4 fully saturated rings. The van der Waals surface area contributed by atoms with Gasteiger partial charge in [-0.1, -0.05) is 13.8 Å². The van der Waals surface area contributed by atoms with Crippen LogP contribution in [0.2, 0.25) is 0 Å². The summed E-state index contributed by atoms with van der Waals surface area (Å²) >= 11 is 0. The molecule has 0 spiro atoms. The third-order valence-corrected chi connectivity index (χ3v) is 9.87. The normalized spacial score (nSPS) is 48.0. The second-order valence-electron chi connectivity index (χ2n) is 10.3. The van der Waals surface area contributed by atoms with Crippen molar-refractivity contribution in [3.8, 4) is 0 Å². The molecule has 0 unspecified atom stereocenters. The topological polar surface area (TPSA) is 83.5 Å². The molecular formula is C21H33NaO5S. The molecule has 28 heavy (non-hydrogen) atoms. The van der Waals surface area contributed by atoms with Crippen LogP contribution < -0.4 is 29.6 Å². The molecule has 0 bridgehead atoms. The Kier molecular flexibility index (Phi) is 6.55. The van der Waals surface area contributed by atoms with E-state index in [0.717, 1.165) is 25.7 Å². The summed E-state index contributed by atoms with van der Waals surface area (Å²) < 4.78 is 37.8. The van der Waals surface area contributed by atoms with E-state index >= 15 is 0 Å². The third kappa shape index (κ3) is 3.80. The fraction of sp³-hybridized carbons (Fsp3) is 0.952. The molecule has 0 radical (unpaired) electrons. The number of rotatable bonds is 3. The van der Waals surface area contributed by atoms with Crippen molar-refractivity contribution >= 4 is 16.2 Å². The summed E-state index contributed by atoms with van der Waals surface area (Å²) in [4.78, 5) is 12.2. The summed E-state index contributed by atoms with van der Waals surface area (Å²) in [6.07, 6.45) is 8.68. The Bertz CT molecular complexity index is 724. The molecule has 4 rings (SSSR count). The maximum absolute atomic E-state index is 12.2. The van der Waals surface area contributed by atoms with Crippen LogP contribution in [0.25, 0.3) is 0 Å². The van der Waals surface area contributed by atoms with Crippen LogP contribution in [0.4, 0.5) is 0 Å². The van der Waals surface area contributed by atoms with Gasteiger partial charge in [0.25, 0.3) is 0 Å². The monoisotopic (exact) mass is 420 g/mol. The van der Waals surface area contributed by atoms with Gasteiger partial charge in [-0.2, -0.15) is 0 Å². The first-order chi connectivity index (χ1) is 12.5. The first-order valence-electron chi connectivity index (χ1n) is 10.7. The van der Waals surface area contributed by atoms with E-state index in [0.29, 0.717) is 42.3 Å². The molecule has 7 heteroatoms. The Hall–Kier alpha value is 0.540. The van der Waals surface area contributed by atoms with Crippen LogP contribution in [0.3, 0.4) is 0 Å². The second-order valence-corrected chi connectivity index (χ2v) is 11.4. The minimum absolute atomic E-state index is 0. The van der Waals surface area contributed by atoms with Gasteiger partial charge in [0, 0.05) is 5.92 Å². The molecule has 5 nitrogen and oxygen atoms in total. The summed E-state index contributed by atoms with van der Waals surface area (Å²) in [6, 6.07) is 0. The van der Waals surface area contributed by atoms with Crippen LogP contribution in [0.15, 0.2) is 0 Å². The molecular weight excluding hydrogens is 387 g/mol. The van der Waals surface area contributed by atoms with Crippen LogP contribution in [-0.4, -0.2) is 24.9 Å². The van der Waals surface area contributed by atoms with Crippen molar-refractivity contribution in [1.82, 2.24) is 0 Å². The molecule has 0 aromatic carbocycles. The fourth-order valence-corrected chi connectivity index (χ4v) is 8.65. The van der Waals surface area contributed by atoms with Crippen LogP contribution in [0.1, 0.15) is 78.6 Å². The van der Waals surface area contributed by atoms with Gasteiger partial charge in [-0.3, -0.25) is 8.98 Å². The number of carbonyl (C=O) groups excluding carboxylic acids is 1. The first-order valence-corrected chi connectivity index (χ1v) is 12.0. The van der Waals surface area contributed by atoms with Crippen molar-refractivity contribution in [1.29, 1.82) is 0 Å². The van der Waals surface area contributed by atoms with Crippen LogP contribution in [0, 0.1) is 40.4 Å². The third-order valence-electron chi connectivity index (χ3n) is 9.36. The van der Waals surface area contributed by atoms with Gasteiger partial charge < -0.3 is 4.55 Å². The molecule has 4 saturated carbocycles. The molecule has 0 heterocycles. The van der Waals surface area contributed by atoms with Crippen LogP contribution in [0.5, 0.6) is 0 Å². The molecule has 0 amide bonds. The van der Waals surface area contributed by atoms with Gasteiger partial charge in [0.2, 0.25) is 10.4 Å². The Morgan fingerprint density at radius 3 is 2.25 bits per heavy atom. The Morgan fingerprint density at radius 1 is 0.964 bits per heavy atom. The van der Waals surface area contributed by atoms with E-state index in [4.69, 9.17) is 4.18 Å². The van der Waals surface area contributed by atoms with Crippen molar-refractivity contribution < 1.29 is 51.5 Å². The quantitative estimate of drug-likeness (QED) is 0.388. The summed E-state index contributed by atoms with van der Waals surface area (Å²) in [5, 5.41) is 0. The van der Waals surface area contributed by atoms with Gasteiger partial charge in [-0.25, -0.2) is 8.42 Å². The molecule has 0 saturated heterocycles. The molecule has 4 aliphatic carbocycles. The smallest absolute Gasteiger partial charge is 0.726 e. The van der Waals surface area contributed by atoms with Gasteiger partial charge in [-0.15, -0.1) is 0 Å². The molecule has 154 valence electrons. The van der Waals surface area contributed by atoms with Crippen LogP contribution in [-0.2, 0) is 19.4 Å². The second kappa shape index (κ2) is 7.90. The summed E-state index contributed by atoms with van der Waals surface area (Å²) in [5.74, 6) is 3.04. The first kappa shape index (κ1) is 23.2. The number of ketones is 1. The van der Waals surface area contributed by atoms with Crippen molar-refractivity contribution in [3.05, 3.63) is 0 Å². The largest absolute Gasteiger partial charge is 1.00 e. The molecule has 8 atom stereocenters. The average Bonchev–Trinajstić information content (AvgIpc) is 2.91. The Balaban J connectivity index is 0.00000225. The summed E-state index contributed by atoms with van der Waals surface area (Å²) in [6.45, 7) is 6.54. The number of fused-ring (bicyclic) bond motifs is 5. The van der Waals surface area contributed by atoms with Crippen molar-refractivity contribution in [3.63, 3.8) is 0 Å². The van der Waals surface area contributed by atoms with E-state index in [1.54, 1.807) is 6.92 Å². The van der Waals surface area contributed by atoms with Gasteiger partial charge in [0.05, 0.1) is 6.10 Å². The number of hydrogen-bond donors (Lipinski definition) is 0. The van der Waals surface area contributed by atoms with E-state index in [1.165, 1.54) is 19.3 Å². The van der Waals surface area contributed by atoms with Crippen molar-refractivity contribution in [2.75, 3.05) is 0 Å². The van der Waals surface area contributed by atoms with E-state index in [9.17, 15) is 17.8 Å². The van der Waals surface area contributed by atoms with E-state index < -0.39 is 16.5 Å². The van der Waals surface area contributed by atoms with E-state index in [1.807, 2.05) is 0 Å². The maximum Gasteiger partial charge on any atom is 1.00 e. The minimum atomic E-state index is -4.62. The maximum atomic E-state index is 12.2. The fourth-order valence-electron chi connectivity index (χ4n) is 8.14. The molecule has 0 aliphatic heterocycles. The zero-order valence-corrected chi connectivity index (χ0v) is 20.6. The Labute approximate surface area is 192 Å². The standard InChI is InChI=1S/C21H34O5S.Na/c1-13(22)17-6-7-18-16-5-4-14-12-15(26-27(23,24)25)8-10-20(14,2)19(16)9-11-21(17,18)3;/h14-19H,4-12H2,1-3H3,(H,23,24,25);/q;+1/p-1/t14-,15-,16-,17+,18-,19-,20-,21+;/m0./s1. The van der Waals surface area contributed by atoms with Gasteiger partial charge >= 0.3 is 29.6 Å². The molecule has 0 aromatic heterocycles. The summed E-state index contributed by atoms with van der Waals surface area (Å²) in [7, 11) is -4.62. The molecule has 0 aromatic rings. The summed E-state index contributed by atoms with van der Waals surface area (Å²) in [5.41, 5.74) is 0.387.